The second-order valence-electron chi connectivity index (χ2n) is 10.2. The Balaban J connectivity index is 1.66. The molecule has 1 amide bonds. The molecule has 1 aromatic carbocycles. The summed E-state index contributed by atoms with van der Waals surface area (Å²) < 4.78 is 55.8. The van der Waals surface area contributed by atoms with Crippen molar-refractivity contribution in [2.75, 3.05) is 31.9 Å². The number of aliphatic hydroxyl groups excluding tert-OH is 1. The summed E-state index contributed by atoms with van der Waals surface area (Å²) >= 11 is 1.35. The van der Waals surface area contributed by atoms with Gasteiger partial charge in [0.25, 0.3) is 0 Å². The van der Waals surface area contributed by atoms with Crippen LogP contribution in [0.5, 0.6) is 0 Å². The van der Waals surface area contributed by atoms with Crippen LogP contribution in [0.15, 0.2) is 28.6 Å². The molecular formula is C24H38N4O6S3. The van der Waals surface area contributed by atoms with E-state index in [0.29, 0.717) is 18.6 Å². The van der Waals surface area contributed by atoms with Gasteiger partial charge in [0.1, 0.15) is 0 Å². The summed E-state index contributed by atoms with van der Waals surface area (Å²) in [6, 6.07) is 3.96. The molecule has 3 atom stereocenters. The fourth-order valence-corrected chi connectivity index (χ4v) is 8.54. The molecule has 1 aliphatic heterocycles. The zero-order valence-electron chi connectivity index (χ0n) is 21.8. The average molecular weight is 575 g/mol. The van der Waals surface area contributed by atoms with Gasteiger partial charge in [0.15, 0.2) is 0 Å². The predicted molar refractivity (Wildman–Crippen MR) is 145 cm³/mol. The van der Waals surface area contributed by atoms with Gasteiger partial charge in [-0.05, 0) is 43.9 Å². The van der Waals surface area contributed by atoms with Gasteiger partial charge in [-0.15, -0.1) is 11.3 Å². The lowest BCUT2D eigenvalue weighted by molar-refractivity contribution is -0.125. The summed E-state index contributed by atoms with van der Waals surface area (Å²) in [6.07, 6.45) is 1.43. The van der Waals surface area contributed by atoms with Crippen LogP contribution < -0.4 is 5.32 Å². The molecule has 3 rings (SSSR count). The van der Waals surface area contributed by atoms with Gasteiger partial charge in [0.05, 0.1) is 44.4 Å². The summed E-state index contributed by atoms with van der Waals surface area (Å²) in [5, 5.41) is 13.5. The number of carbonyl (C=O) groups excluding carboxylic acids is 1. The van der Waals surface area contributed by atoms with Crippen molar-refractivity contribution in [1.29, 1.82) is 0 Å². The molecule has 2 N–H and O–H groups in total. The maximum absolute atomic E-state index is 13.5. The normalized spacial score (nSPS) is 18.2. The molecule has 3 unspecified atom stereocenters. The van der Waals surface area contributed by atoms with Crippen LogP contribution >= 0.6 is 11.3 Å². The number of aliphatic hydroxyl groups is 1. The Morgan fingerprint density at radius 2 is 1.78 bits per heavy atom. The van der Waals surface area contributed by atoms with E-state index >= 15 is 0 Å². The summed E-state index contributed by atoms with van der Waals surface area (Å²) in [6.45, 7) is 7.81. The number of piperidine rings is 1. The molecule has 2 heterocycles. The lowest BCUT2D eigenvalue weighted by Crippen LogP contribution is -2.50. The number of nitrogens with zero attached hydrogens (tertiary/aromatic N) is 3. The minimum absolute atomic E-state index is 0.000904. The smallest absolute Gasteiger partial charge is 0.243 e. The molecule has 0 bridgehead atoms. The molecule has 1 saturated heterocycles. The van der Waals surface area contributed by atoms with Crippen LogP contribution in [-0.2, 0) is 24.8 Å². The predicted octanol–water partition coefficient (Wildman–Crippen LogP) is 2.26. The molecule has 2 aromatic rings. The average Bonchev–Trinajstić information content (AvgIpc) is 3.31. The highest BCUT2D eigenvalue weighted by molar-refractivity contribution is 7.89. The number of rotatable bonds is 12. The zero-order chi connectivity index (χ0) is 27.4. The van der Waals surface area contributed by atoms with E-state index in [0.717, 1.165) is 24.0 Å². The van der Waals surface area contributed by atoms with Crippen LogP contribution in [-0.4, -0.2) is 85.5 Å². The van der Waals surface area contributed by atoms with Crippen molar-refractivity contribution in [1.82, 2.24) is 18.9 Å². The number of benzene rings is 1. The number of hydrogen-bond donors (Lipinski definition) is 2. The lowest BCUT2D eigenvalue weighted by atomic mass is 10.1. The number of nitrogens with one attached hydrogen (secondary N) is 1. The Morgan fingerprint density at radius 3 is 2.43 bits per heavy atom. The van der Waals surface area contributed by atoms with Crippen molar-refractivity contribution < 1.29 is 26.7 Å². The second-order valence-corrected chi connectivity index (χ2v) is 15.0. The largest absolute Gasteiger partial charge is 0.390 e. The maximum Gasteiger partial charge on any atom is 0.243 e. The van der Waals surface area contributed by atoms with Crippen molar-refractivity contribution >= 4 is 47.5 Å². The standard InChI is InChI=1S/C24H38N4O6S3/c1-17(2)13-28(37(33,34)20-8-9-21-23(12-20)35-16-25-21)14-22(29)19(4)26-24(30)18(3)15-36(31,32)27-10-6-5-7-11-27/h8-9,12,16-19,22,29H,5-7,10-11,13-15H2,1-4H3,(H,26,30). The van der Waals surface area contributed by atoms with Crippen molar-refractivity contribution in [2.45, 2.75) is 64.0 Å². The molecular weight excluding hydrogens is 536 g/mol. The van der Waals surface area contributed by atoms with Gasteiger partial charge in [-0.1, -0.05) is 27.2 Å². The van der Waals surface area contributed by atoms with Gasteiger partial charge >= 0.3 is 0 Å². The van der Waals surface area contributed by atoms with Crippen LogP contribution in [0.3, 0.4) is 0 Å². The first-order chi connectivity index (χ1) is 17.3. The van der Waals surface area contributed by atoms with Gasteiger partial charge in [-0.25, -0.2) is 26.1 Å². The van der Waals surface area contributed by atoms with Gasteiger partial charge in [0, 0.05) is 26.2 Å². The van der Waals surface area contributed by atoms with Crippen LogP contribution in [0, 0.1) is 11.8 Å². The lowest BCUT2D eigenvalue weighted by Gasteiger charge is -2.30. The minimum Gasteiger partial charge on any atom is -0.390 e. The molecule has 10 nitrogen and oxygen atoms in total. The second kappa shape index (κ2) is 12.5. The number of amides is 1. The summed E-state index contributed by atoms with van der Waals surface area (Å²) in [5.74, 6) is -1.63. The van der Waals surface area contributed by atoms with E-state index in [1.54, 1.807) is 31.5 Å². The first kappa shape index (κ1) is 29.9. The van der Waals surface area contributed by atoms with E-state index in [9.17, 15) is 26.7 Å². The number of carbonyl (C=O) groups is 1. The molecule has 37 heavy (non-hydrogen) atoms. The van der Waals surface area contributed by atoms with E-state index in [4.69, 9.17) is 0 Å². The SMILES string of the molecule is CC(C)CN(CC(O)C(C)NC(=O)C(C)CS(=O)(=O)N1CCCCC1)S(=O)(=O)c1ccc2ncsc2c1. The molecule has 0 aliphatic carbocycles. The quantitative estimate of drug-likeness (QED) is 0.397. The third-order valence-electron chi connectivity index (χ3n) is 6.46. The van der Waals surface area contributed by atoms with Crippen LogP contribution in [0.2, 0.25) is 0 Å². The minimum atomic E-state index is -3.92. The van der Waals surface area contributed by atoms with Crippen molar-refractivity contribution in [3.05, 3.63) is 23.7 Å². The van der Waals surface area contributed by atoms with E-state index in [2.05, 4.69) is 10.3 Å². The maximum atomic E-state index is 13.5. The number of sulfonamides is 2. The van der Waals surface area contributed by atoms with Gasteiger partial charge in [-0.3, -0.25) is 4.79 Å². The van der Waals surface area contributed by atoms with E-state index in [-0.39, 0.29) is 29.7 Å². The Bertz CT molecular complexity index is 1270. The third-order valence-corrected chi connectivity index (χ3v) is 11.2. The highest BCUT2D eigenvalue weighted by Crippen LogP contribution is 2.25. The molecule has 0 saturated carbocycles. The Hall–Kier alpha value is -1.64. The molecule has 0 spiro atoms. The molecule has 1 fully saturated rings. The van der Waals surface area contributed by atoms with Crippen LogP contribution in [0.4, 0.5) is 0 Å². The highest BCUT2D eigenvalue weighted by Gasteiger charge is 2.32. The zero-order valence-corrected chi connectivity index (χ0v) is 24.3. The van der Waals surface area contributed by atoms with Gasteiger partial charge in [0.2, 0.25) is 26.0 Å². The summed E-state index contributed by atoms with van der Waals surface area (Å²) in [4.78, 5) is 17.1. The topological polar surface area (TPSA) is 137 Å². The van der Waals surface area contributed by atoms with Crippen LogP contribution in [0.25, 0.3) is 10.2 Å². The van der Waals surface area contributed by atoms with Gasteiger partial charge < -0.3 is 10.4 Å². The molecule has 208 valence electrons. The third kappa shape index (κ3) is 7.70. The Kier molecular flexibility index (Phi) is 10.1. The number of fused-ring (bicyclic) bond motifs is 1. The van der Waals surface area contributed by atoms with E-state index in [1.807, 2.05) is 13.8 Å². The van der Waals surface area contributed by atoms with Crippen LogP contribution in [0.1, 0.15) is 47.0 Å². The van der Waals surface area contributed by atoms with Gasteiger partial charge in [-0.2, -0.15) is 4.31 Å². The first-order valence-electron chi connectivity index (χ1n) is 12.6. The molecule has 1 aromatic heterocycles. The highest BCUT2D eigenvalue weighted by atomic mass is 32.2. The van der Waals surface area contributed by atoms with Crippen molar-refractivity contribution in [3.63, 3.8) is 0 Å². The van der Waals surface area contributed by atoms with Crippen molar-refractivity contribution in [2.24, 2.45) is 11.8 Å². The summed E-state index contributed by atoms with van der Waals surface area (Å²) in [7, 11) is -7.48. The van der Waals surface area contributed by atoms with Crippen molar-refractivity contribution in [3.8, 4) is 0 Å². The summed E-state index contributed by atoms with van der Waals surface area (Å²) in [5.41, 5.74) is 2.37. The van der Waals surface area contributed by atoms with E-state index < -0.39 is 44.0 Å². The number of aromatic nitrogens is 1. The number of thiazole rings is 1. The Morgan fingerprint density at radius 1 is 1.11 bits per heavy atom. The fourth-order valence-electron chi connectivity index (χ4n) is 4.29. The molecule has 13 heteroatoms. The first-order valence-corrected chi connectivity index (χ1v) is 16.5. The molecule has 1 aliphatic rings. The molecule has 0 radical (unpaired) electrons. The number of hydrogen-bond acceptors (Lipinski definition) is 8. The fraction of sp³-hybridized carbons (Fsp3) is 0.667. The van der Waals surface area contributed by atoms with E-state index in [1.165, 1.54) is 26.0 Å². The monoisotopic (exact) mass is 574 g/mol. The Labute approximate surface area is 224 Å².